The highest BCUT2D eigenvalue weighted by molar-refractivity contribution is 9.10. The molecule has 0 atom stereocenters. The van der Waals surface area contributed by atoms with Crippen LogP contribution in [0.15, 0.2) is 28.7 Å². The van der Waals surface area contributed by atoms with Crippen molar-refractivity contribution < 1.29 is 4.74 Å². The summed E-state index contributed by atoms with van der Waals surface area (Å²) in [6.45, 7) is 8.56. The predicted molar refractivity (Wildman–Crippen MR) is 92.3 cm³/mol. The number of methoxy groups -OCH3 is 1. The third-order valence-electron chi connectivity index (χ3n) is 3.49. The van der Waals surface area contributed by atoms with Gasteiger partial charge in [-0.2, -0.15) is 0 Å². The summed E-state index contributed by atoms with van der Waals surface area (Å²) in [6, 6.07) is 8.78. The highest BCUT2D eigenvalue weighted by Gasteiger charge is 2.15. The van der Waals surface area contributed by atoms with Crippen molar-refractivity contribution in [2.24, 2.45) is 0 Å². The first kappa shape index (κ1) is 15.4. The van der Waals surface area contributed by atoms with Crippen LogP contribution < -0.4 is 9.64 Å². The monoisotopic (exact) mass is 353 g/mol. The largest absolute Gasteiger partial charge is 0.486 e. The highest BCUT2D eigenvalue weighted by atomic mass is 79.9. The third-order valence-corrected chi connectivity index (χ3v) is 6.01. The molecule has 0 saturated carbocycles. The molecule has 0 aliphatic heterocycles. The van der Waals surface area contributed by atoms with Gasteiger partial charge in [0.15, 0.2) is 5.06 Å². The van der Waals surface area contributed by atoms with Crippen LogP contribution in [0.5, 0.6) is 5.06 Å². The molecule has 4 heteroatoms. The molecule has 0 unspecified atom stereocenters. The van der Waals surface area contributed by atoms with E-state index in [1.54, 1.807) is 18.4 Å². The summed E-state index contributed by atoms with van der Waals surface area (Å²) in [5.74, 6) is 0. The lowest BCUT2D eigenvalue weighted by Gasteiger charge is -2.21. The van der Waals surface area contributed by atoms with E-state index in [4.69, 9.17) is 4.74 Å². The molecular formula is C16H20BrNOS. The lowest BCUT2D eigenvalue weighted by atomic mass is 10.1. The van der Waals surface area contributed by atoms with Crippen molar-refractivity contribution in [2.75, 3.05) is 25.1 Å². The van der Waals surface area contributed by atoms with E-state index in [0.29, 0.717) is 0 Å². The molecule has 2 nitrogen and oxygen atoms in total. The van der Waals surface area contributed by atoms with E-state index in [2.05, 4.69) is 65.9 Å². The molecule has 0 spiro atoms. The number of anilines is 1. The van der Waals surface area contributed by atoms with Gasteiger partial charge in [-0.15, -0.1) is 0 Å². The first-order chi connectivity index (χ1) is 9.62. The summed E-state index contributed by atoms with van der Waals surface area (Å²) in [5.41, 5.74) is 3.76. The molecule has 1 heterocycles. The van der Waals surface area contributed by atoms with Crippen molar-refractivity contribution in [1.29, 1.82) is 0 Å². The second-order valence-electron chi connectivity index (χ2n) is 4.58. The van der Waals surface area contributed by atoms with E-state index in [1.165, 1.54) is 21.7 Å². The zero-order chi connectivity index (χ0) is 14.7. The lowest BCUT2D eigenvalue weighted by molar-refractivity contribution is 0.424. The van der Waals surface area contributed by atoms with Gasteiger partial charge in [0, 0.05) is 23.7 Å². The van der Waals surface area contributed by atoms with Crippen molar-refractivity contribution in [3.8, 4) is 15.5 Å². The average molecular weight is 354 g/mol. The van der Waals surface area contributed by atoms with Crippen molar-refractivity contribution >= 4 is 33.0 Å². The molecule has 0 aliphatic rings. The van der Waals surface area contributed by atoms with Gasteiger partial charge in [0.25, 0.3) is 0 Å². The molecule has 0 amide bonds. The molecule has 1 aromatic heterocycles. The van der Waals surface area contributed by atoms with Gasteiger partial charge in [0.2, 0.25) is 0 Å². The molecule has 0 N–H and O–H groups in total. The van der Waals surface area contributed by atoms with E-state index >= 15 is 0 Å². The molecular weight excluding hydrogens is 334 g/mol. The zero-order valence-corrected chi connectivity index (χ0v) is 14.8. The third kappa shape index (κ3) is 2.86. The van der Waals surface area contributed by atoms with Gasteiger partial charge < -0.3 is 9.64 Å². The predicted octanol–water partition coefficient (Wildman–Crippen LogP) is 5.34. The molecule has 0 radical (unpaired) electrons. The minimum atomic E-state index is 0.935. The van der Waals surface area contributed by atoms with Crippen molar-refractivity contribution in [3.05, 3.63) is 34.3 Å². The summed E-state index contributed by atoms with van der Waals surface area (Å²) in [5, 5.41) is 0.935. The summed E-state index contributed by atoms with van der Waals surface area (Å²) in [6.07, 6.45) is 0. The smallest absolute Gasteiger partial charge is 0.188 e. The second-order valence-corrected chi connectivity index (χ2v) is 6.36. The fourth-order valence-electron chi connectivity index (χ4n) is 2.29. The number of benzene rings is 1. The molecule has 0 aliphatic carbocycles. The molecule has 108 valence electrons. The Labute approximate surface area is 133 Å². The molecule has 0 fully saturated rings. The minimum Gasteiger partial charge on any atom is -0.486 e. The van der Waals surface area contributed by atoms with E-state index < -0.39 is 0 Å². The Kier molecular flexibility index (Phi) is 5.11. The molecule has 2 aromatic rings. The average Bonchev–Trinajstić information content (AvgIpc) is 2.77. The quantitative estimate of drug-likeness (QED) is 0.719. The van der Waals surface area contributed by atoms with Crippen molar-refractivity contribution in [3.63, 3.8) is 0 Å². The van der Waals surface area contributed by atoms with E-state index in [1.807, 2.05) is 0 Å². The van der Waals surface area contributed by atoms with Gasteiger partial charge in [0.05, 0.1) is 11.6 Å². The van der Waals surface area contributed by atoms with Crippen LogP contribution in [0.4, 0.5) is 5.69 Å². The maximum Gasteiger partial charge on any atom is 0.188 e. The summed E-state index contributed by atoms with van der Waals surface area (Å²) in [4.78, 5) is 3.61. The number of hydrogen-bond acceptors (Lipinski definition) is 3. The molecule has 1 aromatic carbocycles. The fourth-order valence-corrected chi connectivity index (χ4v) is 4.04. The number of halogens is 1. The first-order valence-electron chi connectivity index (χ1n) is 6.80. The highest BCUT2D eigenvalue weighted by Crippen LogP contribution is 2.44. The number of rotatable bonds is 5. The molecule has 0 bridgehead atoms. The summed E-state index contributed by atoms with van der Waals surface area (Å²) >= 11 is 5.28. The van der Waals surface area contributed by atoms with Crippen LogP contribution in [-0.4, -0.2) is 20.2 Å². The van der Waals surface area contributed by atoms with Gasteiger partial charge in [-0.05, 0) is 60.0 Å². The second kappa shape index (κ2) is 6.64. The molecule has 2 rings (SSSR count). The van der Waals surface area contributed by atoms with E-state index in [0.717, 1.165) is 22.6 Å². The minimum absolute atomic E-state index is 0.935. The van der Waals surface area contributed by atoms with Crippen molar-refractivity contribution in [1.82, 2.24) is 0 Å². The van der Waals surface area contributed by atoms with Gasteiger partial charge in [-0.1, -0.05) is 23.5 Å². The summed E-state index contributed by atoms with van der Waals surface area (Å²) < 4.78 is 6.45. The van der Waals surface area contributed by atoms with Gasteiger partial charge in [0.1, 0.15) is 0 Å². The standard InChI is InChI=1S/C16H20BrNOS/c1-5-18(6-2)13-9-7-12(8-10-13)15-11(3)14(17)16(19-4)20-15/h7-10H,5-6H2,1-4H3. The van der Waals surface area contributed by atoms with Gasteiger partial charge in [-0.3, -0.25) is 0 Å². The maximum atomic E-state index is 5.39. The Morgan fingerprint density at radius 3 is 2.20 bits per heavy atom. The Balaban J connectivity index is 2.35. The van der Waals surface area contributed by atoms with Crippen LogP contribution >= 0.6 is 27.3 Å². The Hall–Kier alpha value is -1.00. The van der Waals surface area contributed by atoms with Crippen LogP contribution in [-0.2, 0) is 0 Å². The number of nitrogens with zero attached hydrogens (tertiary/aromatic N) is 1. The maximum absolute atomic E-state index is 5.39. The fraction of sp³-hybridized carbons (Fsp3) is 0.375. The van der Waals surface area contributed by atoms with Crippen LogP contribution in [0.1, 0.15) is 19.4 Å². The normalized spacial score (nSPS) is 10.7. The number of ether oxygens (including phenoxy) is 1. The van der Waals surface area contributed by atoms with E-state index in [-0.39, 0.29) is 0 Å². The Bertz CT molecular complexity index is 573. The van der Waals surface area contributed by atoms with Crippen LogP contribution in [0.2, 0.25) is 0 Å². The Morgan fingerprint density at radius 2 is 1.75 bits per heavy atom. The van der Waals surface area contributed by atoms with Gasteiger partial charge >= 0.3 is 0 Å². The molecule has 20 heavy (non-hydrogen) atoms. The van der Waals surface area contributed by atoms with E-state index in [9.17, 15) is 0 Å². The SMILES string of the molecule is CCN(CC)c1ccc(-c2sc(OC)c(Br)c2C)cc1. The summed E-state index contributed by atoms with van der Waals surface area (Å²) in [7, 11) is 1.71. The van der Waals surface area contributed by atoms with Crippen LogP contribution in [0, 0.1) is 6.92 Å². The number of hydrogen-bond donors (Lipinski definition) is 0. The van der Waals surface area contributed by atoms with Crippen LogP contribution in [0.3, 0.4) is 0 Å². The van der Waals surface area contributed by atoms with Gasteiger partial charge in [-0.25, -0.2) is 0 Å². The number of thiophene rings is 1. The topological polar surface area (TPSA) is 12.5 Å². The Morgan fingerprint density at radius 1 is 1.15 bits per heavy atom. The van der Waals surface area contributed by atoms with Crippen LogP contribution in [0.25, 0.3) is 10.4 Å². The zero-order valence-electron chi connectivity index (χ0n) is 12.4. The lowest BCUT2D eigenvalue weighted by Crippen LogP contribution is -2.21. The van der Waals surface area contributed by atoms with Crippen molar-refractivity contribution in [2.45, 2.75) is 20.8 Å². The molecule has 0 saturated heterocycles. The first-order valence-corrected chi connectivity index (χ1v) is 8.41.